The van der Waals surface area contributed by atoms with Crippen LogP contribution in [0.1, 0.15) is 24.5 Å². The molecule has 1 aromatic rings. The van der Waals surface area contributed by atoms with Crippen molar-refractivity contribution in [1.29, 1.82) is 0 Å². The van der Waals surface area contributed by atoms with Gasteiger partial charge in [-0.25, -0.2) is 4.98 Å². The largest absolute Gasteiger partial charge is 0.381 e. The van der Waals surface area contributed by atoms with E-state index in [0.717, 1.165) is 25.1 Å². The van der Waals surface area contributed by atoms with Crippen LogP contribution in [0.15, 0.2) is 10.9 Å². The number of aromatic amines is 1. The summed E-state index contributed by atoms with van der Waals surface area (Å²) in [7, 11) is 3.68. The van der Waals surface area contributed by atoms with Crippen molar-refractivity contribution in [1.82, 2.24) is 14.9 Å². The number of aromatic nitrogens is 2. The molecule has 7 heteroatoms. The van der Waals surface area contributed by atoms with E-state index in [0.29, 0.717) is 25.7 Å². The molecule has 120 valence electrons. The van der Waals surface area contributed by atoms with E-state index in [9.17, 15) is 9.59 Å². The van der Waals surface area contributed by atoms with E-state index in [1.807, 2.05) is 19.0 Å². The Bertz CT molecular complexity index is 607. The van der Waals surface area contributed by atoms with Crippen molar-refractivity contribution in [3.05, 3.63) is 22.1 Å². The van der Waals surface area contributed by atoms with Crippen LogP contribution in [0, 0.1) is 5.92 Å². The molecule has 22 heavy (non-hydrogen) atoms. The third kappa shape index (κ3) is 2.99. The van der Waals surface area contributed by atoms with Gasteiger partial charge in [-0.05, 0) is 12.8 Å². The van der Waals surface area contributed by atoms with Crippen LogP contribution in [0.25, 0.3) is 0 Å². The number of rotatable bonds is 3. The first-order valence-electron chi connectivity index (χ1n) is 7.69. The molecule has 3 rings (SSSR count). The first kappa shape index (κ1) is 15.0. The highest BCUT2D eigenvalue weighted by Gasteiger charge is 2.34. The first-order valence-corrected chi connectivity index (χ1v) is 7.69. The van der Waals surface area contributed by atoms with Gasteiger partial charge in [0.25, 0.3) is 5.56 Å². The van der Waals surface area contributed by atoms with Gasteiger partial charge in [0.15, 0.2) is 0 Å². The van der Waals surface area contributed by atoms with Crippen molar-refractivity contribution in [2.24, 2.45) is 5.92 Å². The molecule has 0 radical (unpaired) electrons. The molecule has 2 saturated heterocycles. The molecule has 0 unspecified atom stereocenters. The number of amides is 1. The predicted molar refractivity (Wildman–Crippen MR) is 82.0 cm³/mol. The van der Waals surface area contributed by atoms with E-state index < -0.39 is 0 Å². The van der Waals surface area contributed by atoms with E-state index in [4.69, 9.17) is 4.74 Å². The number of hydrogen-bond donors (Lipinski definition) is 1. The number of carbonyl (C=O) groups is 1. The molecule has 0 bridgehead atoms. The lowest BCUT2D eigenvalue weighted by Gasteiger charge is -2.20. The maximum atomic E-state index is 12.4. The van der Waals surface area contributed by atoms with Crippen LogP contribution in [0.2, 0.25) is 0 Å². The highest BCUT2D eigenvalue weighted by Crippen LogP contribution is 2.28. The summed E-state index contributed by atoms with van der Waals surface area (Å²) in [5.41, 5.74) is 0.619. The predicted octanol–water partition coefficient (Wildman–Crippen LogP) is 0.188. The second-order valence-electron chi connectivity index (χ2n) is 6.22. The van der Waals surface area contributed by atoms with E-state index in [-0.39, 0.29) is 23.3 Å². The Morgan fingerprint density at radius 3 is 2.95 bits per heavy atom. The van der Waals surface area contributed by atoms with Gasteiger partial charge in [0.1, 0.15) is 0 Å². The third-order valence-corrected chi connectivity index (χ3v) is 4.37. The van der Waals surface area contributed by atoms with Gasteiger partial charge < -0.3 is 14.5 Å². The maximum absolute atomic E-state index is 12.4. The van der Waals surface area contributed by atoms with Crippen molar-refractivity contribution in [3.8, 4) is 0 Å². The SMILES string of the molecule is CN(C)c1nc([C@@H]2CCN(C(=O)[C@@H]3CCOC3)C2)cc(=O)[nH]1. The van der Waals surface area contributed by atoms with Crippen LogP contribution in [0.3, 0.4) is 0 Å². The number of carbonyl (C=O) groups excluding carboxylic acids is 1. The molecule has 3 heterocycles. The molecule has 1 aromatic heterocycles. The Kier molecular flexibility index (Phi) is 4.15. The molecule has 7 nitrogen and oxygen atoms in total. The summed E-state index contributed by atoms with van der Waals surface area (Å²) in [4.78, 5) is 35.1. The molecule has 0 aliphatic carbocycles. The molecule has 1 N–H and O–H groups in total. The Hall–Kier alpha value is -1.89. The van der Waals surface area contributed by atoms with Gasteiger partial charge in [-0.2, -0.15) is 0 Å². The first-order chi connectivity index (χ1) is 10.5. The number of nitrogens with one attached hydrogen (secondary N) is 1. The summed E-state index contributed by atoms with van der Waals surface area (Å²) in [5.74, 6) is 0.865. The molecular weight excluding hydrogens is 284 g/mol. The van der Waals surface area contributed by atoms with Crippen LogP contribution < -0.4 is 10.5 Å². The minimum atomic E-state index is -0.150. The second-order valence-corrected chi connectivity index (χ2v) is 6.22. The Morgan fingerprint density at radius 1 is 1.45 bits per heavy atom. The van der Waals surface area contributed by atoms with Crippen molar-refractivity contribution in [2.45, 2.75) is 18.8 Å². The number of anilines is 1. The van der Waals surface area contributed by atoms with Gasteiger partial charge in [-0.3, -0.25) is 14.6 Å². The average Bonchev–Trinajstić information content (AvgIpc) is 3.17. The minimum Gasteiger partial charge on any atom is -0.381 e. The molecule has 0 saturated carbocycles. The quantitative estimate of drug-likeness (QED) is 0.862. The Labute approximate surface area is 129 Å². The van der Waals surface area contributed by atoms with E-state index in [1.54, 1.807) is 11.0 Å². The van der Waals surface area contributed by atoms with Gasteiger partial charge in [0.05, 0.1) is 18.2 Å². The fraction of sp³-hybridized carbons (Fsp3) is 0.667. The topological polar surface area (TPSA) is 78.5 Å². The number of ether oxygens (including phenoxy) is 1. The molecule has 0 spiro atoms. The summed E-state index contributed by atoms with van der Waals surface area (Å²) in [6.45, 7) is 2.58. The number of H-pyrrole nitrogens is 1. The zero-order chi connectivity index (χ0) is 15.7. The van der Waals surface area contributed by atoms with Crippen molar-refractivity contribution < 1.29 is 9.53 Å². The summed E-state index contributed by atoms with van der Waals surface area (Å²) in [6.07, 6.45) is 1.66. The third-order valence-electron chi connectivity index (χ3n) is 4.37. The number of likely N-dealkylation sites (tertiary alicyclic amines) is 1. The zero-order valence-electron chi connectivity index (χ0n) is 13.0. The molecule has 1 amide bonds. The van der Waals surface area contributed by atoms with E-state index >= 15 is 0 Å². The summed E-state index contributed by atoms with van der Waals surface area (Å²) < 4.78 is 5.30. The summed E-state index contributed by atoms with van der Waals surface area (Å²) in [5, 5.41) is 0. The molecule has 0 aromatic carbocycles. The van der Waals surface area contributed by atoms with Gasteiger partial charge in [0.2, 0.25) is 11.9 Å². The van der Waals surface area contributed by atoms with E-state index in [1.165, 1.54) is 0 Å². The van der Waals surface area contributed by atoms with Crippen molar-refractivity contribution in [2.75, 3.05) is 45.3 Å². The highest BCUT2D eigenvalue weighted by atomic mass is 16.5. The number of nitrogens with zero attached hydrogens (tertiary/aromatic N) is 3. The summed E-state index contributed by atoms with van der Waals surface area (Å²) in [6, 6.07) is 1.55. The zero-order valence-corrected chi connectivity index (χ0v) is 13.0. The molecule has 2 fully saturated rings. The van der Waals surface area contributed by atoms with Crippen LogP contribution in [-0.2, 0) is 9.53 Å². The second kappa shape index (κ2) is 6.08. The normalized spacial score (nSPS) is 24.7. The van der Waals surface area contributed by atoms with Crippen LogP contribution in [-0.4, -0.2) is 61.2 Å². The molecule has 2 aliphatic rings. The van der Waals surface area contributed by atoms with Crippen LogP contribution >= 0.6 is 0 Å². The Balaban J connectivity index is 1.72. The molecule has 2 atom stereocenters. The van der Waals surface area contributed by atoms with Gasteiger partial charge in [-0.1, -0.05) is 0 Å². The van der Waals surface area contributed by atoms with Gasteiger partial charge >= 0.3 is 0 Å². The van der Waals surface area contributed by atoms with Gasteiger partial charge in [-0.15, -0.1) is 0 Å². The number of hydrogen-bond acceptors (Lipinski definition) is 5. The lowest BCUT2D eigenvalue weighted by Crippen LogP contribution is -2.34. The monoisotopic (exact) mass is 306 g/mol. The maximum Gasteiger partial charge on any atom is 0.252 e. The summed E-state index contributed by atoms with van der Waals surface area (Å²) >= 11 is 0. The molecular formula is C15H22N4O3. The fourth-order valence-electron chi connectivity index (χ4n) is 3.07. The van der Waals surface area contributed by atoms with Crippen molar-refractivity contribution in [3.63, 3.8) is 0 Å². The van der Waals surface area contributed by atoms with Crippen LogP contribution in [0.5, 0.6) is 0 Å². The van der Waals surface area contributed by atoms with Crippen molar-refractivity contribution >= 4 is 11.9 Å². The van der Waals surface area contributed by atoms with E-state index in [2.05, 4.69) is 9.97 Å². The standard InChI is InChI=1S/C15H22N4O3/c1-18(2)15-16-12(7-13(20)17-15)10-3-5-19(8-10)14(21)11-4-6-22-9-11/h7,10-11H,3-6,8-9H2,1-2H3,(H,16,17,20)/t10-,11-/m1/s1. The van der Waals surface area contributed by atoms with Gasteiger partial charge in [0, 0.05) is 45.8 Å². The lowest BCUT2D eigenvalue weighted by molar-refractivity contribution is -0.134. The Morgan fingerprint density at radius 2 is 2.27 bits per heavy atom. The average molecular weight is 306 g/mol. The smallest absolute Gasteiger partial charge is 0.252 e. The highest BCUT2D eigenvalue weighted by molar-refractivity contribution is 5.79. The lowest BCUT2D eigenvalue weighted by atomic mass is 10.0. The fourth-order valence-corrected chi connectivity index (χ4v) is 3.07. The molecule has 2 aliphatic heterocycles. The van der Waals surface area contributed by atoms with Crippen LogP contribution in [0.4, 0.5) is 5.95 Å². The minimum absolute atomic E-state index is 0.00298.